The molecule has 3 aromatic rings. The van der Waals surface area contributed by atoms with Gasteiger partial charge in [-0.15, -0.1) is 0 Å². The highest BCUT2D eigenvalue weighted by Gasteiger charge is 2.29. The first-order valence-corrected chi connectivity index (χ1v) is 9.60. The lowest BCUT2D eigenvalue weighted by Crippen LogP contribution is -2.30. The van der Waals surface area contributed by atoms with Crippen LogP contribution in [0.2, 0.25) is 0 Å². The number of nitrogens with zero attached hydrogens (tertiary/aromatic N) is 3. The van der Waals surface area contributed by atoms with E-state index < -0.39 is 23.0 Å². The van der Waals surface area contributed by atoms with Gasteiger partial charge in [-0.05, 0) is 51.1 Å². The van der Waals surface area contributed by atoms with E-state index in [-0.39, 0.29) is 11.1 Å². The Hall–Kier alpha value is -4.20. The fourth-order valence-corrected chi connectivity index (χ4v) is 3.29. The van der Waals surface area contributed by atoms with E-state index in [4.69, 9.17) is 0 Å². The van der Waals surface area contributed by atoms with E-state index in [1.54, 1.807) is 43.3 Å². The second-order valence-corrected chi connectivity index (χ2v) is 7.36. The number of aromatic nitrogens is 2. The van der Waals surface area contributed by atoms with Crippen molar-refractivity contribution in [2.75, 3.05) is 5.01 Å². The van der Waals surface area contributed by atoms with Crippen LogP contribution in [0.4, 0.5) is 5.69 Å². The van der Waals surface area contributed by atoms with E-state index in [1.807, 2.05) is 26.0 Å². The van der Waals surface area contributed by atoms with Crippen LogP contribution in [0.25, 0.3) is 11.8 Å². The summed E-state index contributed by atoms with van der Waals surface area (Å²) in [6.07, 6.45) is 1.26. The highest BCUT2D eigenvalue weighted by Crippen LogP contribution is 2.26. The van der Waals surface area contributed by atoms with E-state index in [0.717, 1.165) is 15.7 Å². The monoisotopic (exact) mass is 416 g/mol. The van der Waals surface area contributed by atoms with Gasteiger partial charge in [0, 0.05) is 0 Å². The van der Waals surface area contributed by atoms with Crippen LogP contribution in [-0.4, -0.2) is 26.3 Å². The third-order valence-corrected chi connectivity index (χ3v) is 5.04. The zero-order valence-corrected chi connectivity index (χ0v) is 17.2. The Bertz CT molecular complexity index is 1360. The lowest BCUT2D eigenvalue weighted by Gasteiger charge is -2.12. The maximum atomic E-state index is 13.0. The van der Waals surface area contributed by atoms with Crippen molar-refractivity contribution >= 4 is 23.4 Å². The third kappa shape index (κ3) is 3.59. The third-order valence-electron chi connectivity index (χ3n) is 5.04. The number of aromatic amines is 1. The number of carbonyl (C=O) groups is 1. The molecule has 8 heteroatoms. The zero-order chi connectivity index (χ0) is 22.3. The van der Waals surface area contributed by atoms with E-state index in [9.17, 15) is 19.5 Å². The Morgan fingerprint density at radius 1 is 0.871 bits per heavy atom. The molecule has 0 fully saturated rings. The molecule has 0 unspecified atom stereocenters. The van der Waals surface area contributed by atoms with Gasteiger partial charge in [0.1, 0.15) is 5.56 Å². The Morgan fingerprint density at radius 2 is 1.42 bits per heavy atom. The van der Waals surface area contributed by atoms with E-state index in [1.165, 1.54) is 11.1 Å². The Balaban J connectivity index is 1.81. The zero-order valence-electron chi connectivity index (χ0n) is 17.2. The quantitative estimate of drug-likeness (QED) is 0.640. The first kappa shape index (κ1) is 20.1. The van der Waals surface area contributed by atoms with Crippen molar-refractivity contribution in [1.82, 2.24) is 9.55 Å². The second kappa shape index (κ2) is 7.56. The number of anilines is 1. The molecule has 1 amide bonds. The fourth-order valence-electron chi connectivity index (χ4n) is 3.29. The molecule has 0 saturated carbocycles. The SMILES string of the molecule is CC1=NN(c2ccc(C)cc2)C(=O)/C1=C\c1c(O)n(-c2ccc(C)cc2)c(=O)[nH]c1=O. The van der Waals surface area contributed by atoms with Gasteiger partial charge in [-0.2, -0.15) is 10.1 Å². The predicted molar refractivity (Wildman–Crippen MR) is 119 cm³/mol. The first-order chi connectivity index (χ1) is 14.8. The van der Waals surface area contributed by atoms with Crippen molar-refractivity contribution in [1.29, 1.82) is 0 Å². The van der Waals surface area contributed by atoms with Crippen molar-refractivity contribution in [3.05, 3.63) is 91.6 Å². The number of nitrogens with one attached hydrogen (secondary N) is 1. The summed E-state index contributed by atoms with van der Waals surface area (Å²) in [5.41, 5.74) is 1.74. The summed E-state index contributed by atoms with van der Waals surface area (Å²) in [4.78, 5) is 40.0. The molecule has 0 aliphatic carbocycles. The summed E-state index contributed by atoms with van der Waals surface area (Å²) >= 11 is 0. The molecule has 0 radical (unpaired) electrons. The second-order valence-electron chi connectivity index (χ2n) is 7.36. The standard InChI is InChI=1S/C23H20N4O4/c1-13-4-8-16(9-5-13)26-21(29)19(20(28)24-23(26)31)12-18-15(3)25-27(22(18)30)17-10-6-14(2)7-11-17/h4-12,29H,1-3H3,(H,24,28,31)/b18-12-. The maximum Gasteiger partial charge on any atom is 0.335 e. The number of H-pyrrole nitrogens is 1. The summed E-state index contributed by atoms with van der Waals surface area (Å²) in [6.45, 7) is 5.47. The Labute approximate surface area is 177 Å². The maximum absolute atomic E-state index is 13.0. The van der Waals surface area contributed by atoms with E-state index in [0.29, 0.717) is 17.1 Å². The van der Waals surface area contributed by atoms with Crippen molar-refractivity contribution < 1.29 is 9.90 Å². The molecule has 31 heavy (non-hydrogen) atoms. The van der Waals surface area contributed by atoms with Crippen LogP contribution < -0.4 is 16.3 Å². The molecule has 4 rings (SSSR count). The molecule has 1 aromatic heterocycles. The van der Waals surface area contributed by atoms with Crippen LogP contribution in [0.3, 0.4) is 0 Å². The lowest BCUT2D eigenvalue weighted by molar-refractivity contribution is -0.114. The van der Waals surface area contributed by atoms with Crippen LogP contribution >= 0.6 is 0 Å². The number of aryl methyl sites for hydroxylation is 2. The van der Waals surface area contributed by atoms with Gasteiger partial charge in [-0.25, -0.2) is 9.36 Å². The van der Waals surface area contributed by atoms with Crippen LogP contribution in [0.5, 0.6) is 5.88 Å². The van der Waals surface area contributed by atoms with Gasteiger partial charge in [0.25, 0.3) is 11.5 Å². The predicted octanol–water partition coefficient (Wildman–Crippen LogP) is 2.65. The van der Waals surface area contributed by atoms with Crippen molar-refractivity contribution in [2.45, 2.75) is 20.8 Å². The highest BCUT2D eigenvalue weighted by atomic mass is 16.3. The minimum Gasteiger partial charge on any atom is -0.494 e. The van der Waals surface area contributed by atoms with Crippen molar-refractivity contribution in [2.24, 2.45) is 5.10 Å². The van der Waals surface area contributed by atoms with Crippen LogP contribution in [0.1, 0.15) is 23.6 Å². The number of hydrogen-bond acceptors (Lipinski definition) is 5. The molecule has 1 aliphatic rings. The smallest absolute Gasteiger partial charge is 0.335 e. The summed E-state index contributed by atoms with van der Waals surface area (Å²) in [7, 11) is 0. The topological polar surface area (TPSA) is 108 Å². The molecule has 156 valence electrons. The molecule has 8 nitrogen and oxygen atoms in total. The minimum absolute atomic E-state index is 0.149. The lowest BCUT2D eigenvalue weighted by atomic mass is 10.1. The fraction of sp³-hybridized carbons (Fsp3) is 0.130. The largest absolute Gasteiger partial charge is 0.494 e. The molecule has 2 heterocycles. The number of hydrogen-bond donors (Lipinski definition) is 2. The average Bonchev–Trinajstić information content (AvgIpc) is 3.01. The average molecular weight is 416 g/mol. The number of amides is 1. The first-order valence-electron chi connectivity index (χ1n) is 9.60. The molecular formula is C23H20N4O4. The van der Waals surface area contributed by atoms with Gasteiger partial charge in [0.15, 0.2) is 0 Å². The van der Waals surface area contributed by atoms with E-state index in [2.05, 4.69) is 10.1 Å². The van der Waals surface area contributed by atoms with Gasteiger partial charge in [0.05, 0.1) is 22.7 Å². The molecule has 1 aliphatic heterocycles. The highest BCUT2D eigenvalue weighted by molar-refractivity contribution is 6.32. The van der Waals surface area contributed by atoms with Crippen LogP contribution in [-0.2, 0) is 4.79 Å². The van der Waals surface area contributed by atoms with Crippen molar-refractivity contribution in [3.63, 3.8) is 0 Å². The molecule has 2 N–H and O–H groups in total. The minimum atomic E-state index is -0.798. The Morgan fingerprint density at radius 3 is 2.00 bits per heavy atom. The molecule has 0 spiro atoms. The number of aromatic hydroxyl groups is 1. The summed E-state index contributed by atoms with van der Waals surface area (Å²) in [5, 5.41) is 16.3. The molecule has 0 bridgehead atoms. The van der Waals surface area contributed by atoms with Gasteiger partial charge >= 0.3 is 5.69 Å². The molecule has 2 aromatic carbocycles. The summed E-state index contributed by atoms with van der Waals surface area (Å²) in [6, 6.07) is 14.1. The van der Waals surface area contributed by atoms with Gasteiger partial charge in [-0.1, -0.05) is 35.4 Å². The summed E-state index contributed by atoms with van der Waals surface area (Å²) < 4.78 is 0.983. The molecular weight excluding hydrogens is 396 g/mol. The number of rotatable bonds is 3. The van der Waals surface area contributed by atoms with Crippen LogP contribution in [0.15, 0.2) is 68.8 Å². The Kier molecular flexibility index (Phi) is 4.90. The van der Waals surface area contributed by atoms with Crippen molar-refractivity contribution in [3.8, 4) is 11.6 Å². The molecule has 0 saturated heterocycles. The van der Waals surface area contributed by atoms with Gasteiger partial charge in [0.2, 0.25) is 5.88 Å². The number of benzene rings is 2. The van der Waals surface area contributed by atoms with Gasteiger partial charge < -0.3 is 5.11 Å². The molecule has 0 atom stereocenters. The van der Waals surface area contributed by atoms with E-state index >= 15 is 0 Å². The number of hydrazone groups is 1. The summed E-state index contributed by atoms with van der Waals surface area (Å²) in [5.74, 6) is -0.993. The van der Waals surface area contributed by atoms with Crippen LogP contribution in [0, 0.1) is 13.8 Å². The number of carbonyl (C=O) groups excluding carboxylic acids is 1. The normalized spacial score (nSPS) is 14.9. The van der Waals surface area contributed by atoms with Gasteiger partial charge in [-0.3, -0.25) is 14.6 Å².